The monoisotopic (exact) mass is 483 g/mol. The summed E-state index contributed by atoms with van der Waals surface area (Å²) in [6, 6.07) is 11.6. The van der Waals surface area contributed by atoms with Crippen LogP contribution in [0.15, 0.2) is 51.7 Å². The summed E-state index contributed by atoms with van der Waals surface area (Å²) >= 11 is 0. The molecule has 0 aliphatic carbocycles. The van der Waals surface area contributed by atoms with E-state index in [4.69, 9.17) is 9.15 Å². The van der Waals surface area contributed by atoms with Crippen LogP contribution in [0.25, 0.3) is 11.0 Å². The molecular formula is C26H29NO6S. The molecule has 1 aromatic heterocycles. The maximum absolute atomic E-state index is 13.6. The van der Waals surface area contributed by atoms with Crippen molar-refractivity contribution in [3.05, 3.63) is 75.1 Å². The summed E-state index contributed by atoms with van der Waals surface area (Å²) in [5.74, 6) is 0.0856. The molecule has 0 bridgehead atoms. The van der Waals surface area contributed by atoms with Crippen LogP contribution in [0.3, 0.4) is 0 Å². The van der Waals surface area contributed by atoms with Gasteiger partial charge in [0.2, 0.25) is 0 Å². The van der Waals surface area contributed by atoms with E-state index in [1.165, 1.54) is 11.0 Å². The molecule has 1 saturated heterocycles. The largest absolute Gasteiger partial charge is 0.494 e. The molecule has 2 heterocycles. The van der Waals surface area contributed by atoms with Crippen molar-refractivity contribution in [3.63, 3.8) is 0 Å². The van der Waals surface area contributed by atoms with E-state index in [9.17, 15) is 18.0 Å². The molecular weight excluding hydrogens is 454 g/mol. The molecule has 1 aliphatic rings. The molecule has 1 amide bonds. The second kappa shape index (κ2) is 9.62. The maximum atomic E-state index is 13.6. The van der Waals surface area contributed by atoms with E-state index in [2.05, 4.69) is 0 Å². The minimum atomic E-state index is -3.23. The predicted octanol–water partition coefficient (Wildman–Crippen LogP) is 4.03. The number of carbonyl (C=O) groups is 1. The van der Waals surface area contributed by atoms with Crippen LogP contribution < -0.4 is 10.2 Å². The Kier molecular flexibility index (Phi) is 6.79. The molecule has 1 atom stereocenters. The van der Waals surface area contributed by atoms with E-state index in [0.29, 0.717) is 24.0 Å². The molecule has 0 radical (unpaired) electrons. The molecule has 1 fully saturated rings. The number of sulfone groups is 1. The van der Waals surface area contributed by atoms with Crippen molar-refractivity contribution >= 4 is 26.7 Å². The SMILES string of the molecule is CCCOc1ccc(CN(C(=O)c2cc(=O)c3ccc(C)c(C)c3o2)[C@H]2CCS(=O)(=O)C2)cc1. The van der Waals surface area contributed by atoms with Crippen LogP contribution in [0.5, 0.6) is 5.75 Å². The van der Waals surface area contributed by atoms with Gasteiger partial charge < -0.3 is 14.1 Å². The first-order valence-electron chi connectivity index (χ1n) is 11.5. The normalized spacial score (nSPS) is 17.1. The Balaban J connectivity index is 1.70. The van der Waals surface area contributed by atoms with Crippen LogP contribution in [0, 0.1) is 13.8 Å². The minimum Gasteiger partial charge on any atom is -0.494 e. The van der Waals surface area contributed by atoms with E-state index < -0.39 is 21.8 Å². The number of ether oxygens (including phenoxy) is 1. The van der Waals surface area contributed by atoms with Crippen LogP contribution in [0.4, 0.5) is 0 Å². The van der Waals surface area contributed by atoms with Crippen LogP contribution in [-0.2, 0) is 16.4 Å². The Bertz CT molecular complexity index is 1370. The first-order valence-corrected chi connectivity index (χ1v) is 13.3. The fourth-order valence-corrected chi connectivity index (χ4v) is 5.93. The zero-order valence-electron chi connectivity index (χ0n) is 19.7. The summed E-state index contributed by atoms with van der Waals surface area (Å²) in [5, 5.41) is 0.414. The van der Waals surface area contributed by atoms with Crippen LogP contribution in [0.2, 0.25) is 0 Å². The lowest BCUT2D eigenvalue weighted by Crippen LogP contribution is -2.40. The van der Waals surface area contributed by atoms with Gasteiger partial charge in [0.25, 0.3) is 5.91 Å². The smallest absolute Gasteiger partial charge is 0.290 e. The van der Waals surface area contributed by atoms with Crippen molar-refractivity contribution in [3.8, 4) is 5.75 Å². The van der Waals surface area contributed by atoms with Crippen molar-refractivity contribution in [2.24, 2.45) is 0 Å². The summed E-state index contributed by atoms with van der Waals surface area (Å²) in [4.78, 5) is 27.9. The summed E-state index contributed by atoms with van der Waals surface area (Å²) in [5.41, 5.74) is 2.65. The average Bonchev–Trinajstić information content (AvgIpc) is 3.18. The van der Waals surface area contributed by atoms with Crippen molar-refractivity contribution in [2.75, 3.05) is 18.1 Å². The average molecular weight is 484 g/mol. The van der Waals surface area contributed by atoms with E-state index in [-0.39, 0.29) is 29.2 Å². The lowest BCUT2D eigenvalue weighted by molar-refractivity contribution is 0.0648. The highest BCUT2D eigenvalue weighted by Gasteiger charge is 2.36. The number of benzene rings is 2. The number of amides is 1. The first kappa shape index (κ1) is 24.0. The number of nitrogens with zero attached hydrogens (tertiary/aromatic N) is 1. The molecule has 0 spiro atoms. The van der Waals surface area contributed by atoms with Gasteiger partial charge in [-0.2, -0.15) is 0 Å². The summed E-state index contributed by atoms with van der Waals surface area (Å²) in [6.45, 7) is 6.60. The van der Waals surface area contributed by atoms with Crippen molar-refractivity contribution in [1.29, 1.82) is 0 Å². The van der Waals surface area contributed by atoms with E-state index >= 15 is 0 Å². The van der Waals surface area contributed by atoms with Gasteiger partial charge in [0.1, 0.15) is 11.3 Å². The molecule has 0 N–H and O–H groups in total. The highest BCUT2D eigenvalue weighted by Crippen LogP contribution is 2.25. The summed E-state index contributed by atoms with van der Waals surface area (Å²) in [7, 11) is -3.23. The van der Waals surface area contributed by atoms with Gasteiger partial charge >= 0.3 is 0 Å². The topological polar surface area (TPSA) is 93.9 Å². The number of hydrogen-bond donors (Lipinski definition) is 0. The molecule has 8 heteroatoms. The molecule has 3 aromatic rings. The molecule has 180 valence electrons. The van der Waals surface area contributed by atoms with Crippen molar-refractivity contribution in [1.82, 2.24) is 4.90 Å². The predicted molar refractivity (Wildman–Crippen MR) is 131 cm³/mol. The lowest BCUT2D eigenvalue weighted by Gasteiger charge is -2.28. The molecule has 7 nitrogen and oxygen atoms in total. The first-order chi connectivity index (χ1) is 16.2. The summed E-state index contributed by atoms with van der Waals surface area (Å²) < 4.78 is 35.9. The van der Waals surface area contributed by atoms with Gasteiger partial charge in [-0.25, -0.2) is 8.42 Å². The Morgan fingerprint density at radius 1 is 1.15 bits per heavy atom. The number of carbonyl (C=O) groups excluding carboxylic acids is 1. The maximum Gasteiger partial charge on any atom is 0.290 e. The number of fused-ring (bicyclic) bond motifs is 1. The third-order valence-electron chi connectivity index (χ3n) is 6.29. The number of rotatable bonds is 7. The van der Waals surface area contributed by atoms with E-state index in [0.717, 1.165) is 28.9 Å². The lowest BCUT2D eigenvalue weighted by atomic mass is 10.1. The van der Waals surface area contributed by atoms with Crippen LogP contribution in [0.1, 0.15) is 47.0 Å². The van der Waals surface area contributed by atoms with Gasteiger partial charge in [-0.15, -0.1) is 0 Å². The van der Waals surface area contributed by atoms with Crippen LogP contribution >= 0.6 is 0 Å². The van der Waals surface area contributed by atoms with E-state index in [1.807, 2.05) is 51.1 Å². The fraction of sp³-hybridized carbons (Fsp3) is 0.385. The van der Waals surface area contributed by atoms with Crippen molar-refractivity contribution < 1.29 is 22.4 Å². The van der Waals surface area contributed by atoms with Gasteiger partial charge in [-0.1, -0.05) is 25.1 Å². The molecule has 4 rings (SSSR count). The third-order valence-corrected chi connectivity index (χ3v) is 8.04. The second-order valence-corrected chi connectivity index (χ2v) is 11.1. The molecule has 1 aliphatic heterocycles. The van der Waals surface area contributed by atoms with Gasteiger partial charge in [-0.05, 0) is 61.6 Å². The van der Waals surface area contributed by atoms with E-state index in [1.54, 1.807) is 6.07 Å². The molecule has 0 saturated carbocycles. The molecule has 2 aromatic carbocycles. The number of aryl methyl sites for hydroxylation is 2. The van der Waals surface area contributed by atoms with Gasteiger partial charge in [0, 0.05) is 18.7 Å². The molecule has 34 heavy (non-hydrogen) atoms. The fourth-order valence-electron chi connectivity index (χ4n) is 4.19. The Morgan fingerprint density at radius 3 is 2.53 bits per heavy atom. The Labute approximate surface area is 199 Å². The Hall–Kier alpha value is -3.13. The Morgan fingerprint density at radius 2 is 1.88 bits per heavy atom. The standard InChI is InChI=1S/C26H29NO6S/c1-4-12-32-21-8-6-19(7-9-21)15-27(20-11-13-34(30,31)16-20)26(29)24-14-23(28)22-10-5-17(2)18(3)25(22)33-24/h5-10,14,20H,4,11-13,15-16H2,1-3H3/t20-/m0/s1. The summed E-state index contributed by atoms with van der Waals surface area (Å²) in [6.07, 6.45) is 1.25. The van der Waals surface area contributed by atoms with Crippen molar-refractivity contribution in [2.45, 2.75) is 46.2 Å². The second-order valence-electron chi connectivity index (χ2n) is 8.84. The molecule has 0 unspecified atom stereocenters. The number of hydrogen-bond acceptors (Lipinski definition) is 6. The minimum absolute atomic E-state index is 0.0330. The van der Waals surface area contributed by atoms with Crippen LogP contribution in [-0.4, -0.2) is 43.4 Å². The zero-order valence-corrected chi connectivity index (χ0v) is 20.5. The van der Waals surface area contributed by atoms with Gasteiger partial charge in [-0.3, -0.25) is 9.59 Å². The van der Waals surface area contributed by atoms with Gasteiger partial charge in [0.05, 0.1) is 23.5 Å². The van der Waals surface area contributed by atoms with Gasteiger partial charge in [0.15, 0.2) is 21.0 Å². The highest BCUT2D eigenvalue weighted by atomic mass is 32.2. The third kappa shape index (κ3) is 5.01. The zero-order chi connectivity index (χ0) is 24.5. The highest BCUT2D eigenvalue weighted by molar-refractivity contribution is 7.91. The quantitative estimate of drug-likeness (QED) is 0.504.